The fraction of sp³-hybridized carbons (Fsp3) is 0.533. The molecule has 1 fully saturated rings. The van der Waals surface area contributed by atoms with Crippen LogP contribution in [0.3, 0.4) is 0 Å². The molecular weight excluding hydrogens is 302 g/mol. The SMILES string of the molecule is Cc1cn2c(=O)c(C(=O)NCC3CCCC(O)C3)cnc2s1. The number of thiazole rings is 1. The number of aryl methyl sites for hydroxylation is 1. The minimum absolute atomic E-state index is 0.0617. The second kappa shape index (κ2) is 6.18. The molecule has 0 aliphatic heterocycles. The third-order valence-corrected chi connectivity index (χ3v) is 4.99. The zero-order valence-corrected chi connectivity index (χ0v) is 13.2. The highest BCUT2D eigenvalue weighted by molar-refractivity contribution is 7.16. The van der Waals surface area contributed by atoms with E-state index in [1.165, 1.54) is 21.9 Å². The molecule has 22 heavy (non-hydrogen) atoms. The Labute approximate surface area is 131 Å². The summed E-state index contributed by atoms with van der Waals surface area (Å²) >= 11 is 1.42. The summed E-state index contributed by atoms with van der Waals surface area (Å²) in [6, 6.07) is 0. The molecule has 2 aromatic heterocycles. The quantitative estimate of drug-likeness (QED) is 0.894. The summed E-state index contributed by atoms with van der Waals surface area (Å²) < 4.78 is 1.42. The summed E-state index contributed by atoms with van der Waals surface area (Å²) in [5, 5.41) is 12.5. The Bertz CT molecular complexity index is 752. The standard InChI is InChI=1S/C15H19N3O3S/c1-9-8-18-14(21)12(7-17-15(18)22-9)13(20)16-6-10-3-2-4-11(19)5-10/h7-8,10-11,19H,2-6H2,1H3,(H,16,20). The van der Waals surface area contributed by atoms with E-state index in [0.29, 0.717) is 17.9 Å². The van der Waals surface area contributed by atoms with Gasteiger partial charge in [0.05, 0.1) is 6.10 Å². The summed E-state index contributed by atoms with van der Waals surface area (Å²) in [6.45, 7) is 2.38. The van der Waals surface area contributed by atoms with Gasteiger partial charge in [0.25, 0.3) is 11.5 Å². The molecule has 1 saturated carbocycles. The lowest BCUT2D eigenvalue weighted by Gasteiger charge is -2.25. The van der Waals surface area contributed by atoms with E-state index in [9.17, 15) is 14.7 Å². The molecule has 7 heteroatoms. The Hall–Kier alpha value is -1.73. The minimum Gasteiger partial charge on any atom is -0.393 e. The largest absolute Gasteiger partial charge is 0.393 e. The highest BCUT2D eigenvalue weighted by Gasteiger charge is 2.21. The van der Waals surface area contributed by atoms with Gasteiger partial charge in [0, 0.05) is 23.8 Å². The van der Waals surface area contributed by atoms with E-state index in [2.05, 4.69) is 10.3 Å². The highest BCUT2D eigenvalue weighted by Crippen LogP contribution is 2.23. The number of aliphatic hydroxyl groups is 1. The monoisotopic (exact) mass is 321 g/mol. The average Bonchev–Trinajstić information content (AvgIpc) is 2.87. The van der Waals surface area contributed by atoms with Crippen LogP contribution < -0.4 is 10.9 Å². The van der Waals surface area contributed by atoms with Gasteiger partial charge >= 0.3 is 0 Å². The van der Waals surface area contributed by atoms with Gasteiger partial charge in [0.1, 0.15) is 5.56 Å². The maximum Gasteiger partial charge on any atom is 0.271 e. The van der Waals surface area contributed by atoms with Gasteiger partial charge in [0.2, 0.25) is 0 Å². The normalized spacial score (nSPS) is 21.9. The molecule has 3 rings (SSSR count). The molecule has 2 heterocycles. The summed E-state index contributed by atoms with van der Waals surface area (Å²) in [4.78, 5) is 30.3. The zero-order chi connectivity index (χ0) is 15.7. The zero-order valence-electron chi connectivity index (χ0n) is 12.4. The Balaban J connectivity index is 1.72. The van der Waals surface area contributed by atoms with Crippen molar-refractivity contribution in [2.75, 3.05) is 6.54 Å². The number of hydrogen-bond donors (Lipinski definition) is 2. The topological polar surface area (TPSA) is 83.7 Å². The number of aliphatic hydroxyl groups excluding tert-OH is 1. The summed E-state index contributed by atoms with van der Waals surface area (Å²) in [6.07, 6.45) is 6.29. The Morgan fingerprint density at radius 1 is 1.55 bits per heavy atom. The van der Waals surface area contributed by atoms with E-state index in [1.807, 2.05) is 6.92 Å². The molecule has 1 amide bonds. The second-order valence-corrected chi connectivity index (χ2v) is 7.08. The van der Waals surface area contributed by atoms with Crippen LogP contribution in [0.4, 0.5) is 0 Å². The maximum atomic E-state index is 12.3. The van der Waals surface area contributed by atoms with Crippen LogP contribution in [0.2, 0.25) is 0 Å². The molecule has 0 spiro atoms. The fourth-order valence-corrected chi connectivity index (χ4v) is 3.72. The van der Waals surface area contributed by atoms with Crippen LogP contribution in [0, 0.1) is 12.8 Å². The van der Waals surface area contributed by atoms with Crippen LogP contribution >= 0.6 is 11.3 Å². The smallest absolute Gasteiger partial charge is 0.271 e. The number of amides is 1. The Morgan fingerprint density at radius 2 is 2.36 bits per heavy atom. The maximum absolute atomic E-state index is 12.3. The number of aromatic nitrogens is 2. The van der Waals surface area contributed by atoms with E-state index < -0.39 is 5.91 Å². The molecule has 2 unspecified atom stereocenters. The molecule has 2 N–H and O–H groups in total. The number of rotatable bonds is 3. The van der Waals surface area contributed by atoms with Gasteiger partial charge in [-0.05, 0) is 32.1 Å². The van der Waals surface area contributed by atoms with Crippen molar-refractivity contribution >= 4 is 22.2 Å². The molecule has 2 atom stereocenters. The molecule has 0 radical (unpaired) electrons. The van der Waals surface area contributed by atoms with Crippen LogP contribution in [0.25, 0.3) is 4.96 Å². The third kappa shape index (κ3) is 3.05. The first-order valence-corrected chi connectivity index (χ1v) is 8.30. The number of hydrogen-bond acceptors (Lipinski definition) is 5. The fourth-order valence-electron chi connectivity index (χ4n) is 2.93. The second-order valence-electron chi connectivity index (χ2n) is 5.87. The minimum atomic E-state index is -0.393. The third-order valence-electron chi connectivity index (χ3n) is 4.07. The lowest BCUT2D eigenvalue weighted by Crippen LogP contribution is -2.36. The number of fused-ring (bicyclic) bond motifs is 1. The molecule has 1 aliphatic rings. The van der Waals surface area contributed by atoms with Gasteiger partial charge in [-0.25, -0.2) is 4.98 Å². The molecule has 118 valence electrons. The van der Waals surface area contributed by atoms with Crippen molar-refractivity contribution in [1.29, 1.82) is 0 Å². The lowest BCUT2D eigenvalue weighted by atomic mass is 9.87. The first-order valence-electron chi connectivity index (χ1n) is 7.48. The predicted octanol–water partition coefficient (Wildman–Crippen LogP) is 1.35. The molecular formula is C15H19N3O3S. The van der Waals surface area contributed by atoms with E-state index in [4.69, 9.17) is 0 Å². The van der Waals surface area contributed by atoms with Crippen LogP contribution in [0.1, 0.15) is 40.9 Å². The number of nitrogens with zero attached hydrogens (tertiary/aromatic N) is 2. The summed E-state index contributed by atoms with van der Waals surface area (Å²) in [7, 11) is 0. The van der Waals surface area contributed by atoms with E-state index in [1.54, 1.807) is 6.20 Å². The van der Waals surface area contributed by atoms with Crippen molar-refractivity contribution in [2.45, 2.75) is 38.7 Å². The lowest BCUT2D eigenvalue weighted by molar-refractivity contribution is 0.0872. The molecule has 1 aliphatic carbocycles. The Morgan fingerprint density at radius 3 is 3.14 bits per heavy atom. The van der Waals surface area contributed by atoms with Crippen molar-refractivity contribution in [3.05, 3.63) is 33.2 Å². The van der Waals surface area contributed by atoms with Crippen LogP contribution in [0.5, 0.6) is 0 Å². The summed E-state index contributed by atoms with van der Waals surface area (Å²) in [5.74, 6) is -0.119. The van der Waals surface area contributed by atoms with Gasteiger partial charge < -0.3 is 10.4 Å². The van der Waals surface area contributed by atoms with Crippen molar-refractivity contribution in [3.63, 3.8) is 0 Å². The van der Waals surface area contributed by atoms with E-state index in [0.717, 1.165) is 24.1 Å². The number of nitrogens with one attached hydrogen (secondary N) is 1. The van der Waals surface area contributed by atoms with Gasteiger partial charge in [-0.15, -0.1) is 11.3 Å². The van der Waals surface area contributed by atoms with Crippen LogP contribution in [0.15, 0.2) is 17.2 Å². The molecule has 0 bridgehead atoms. The summed E-state index contributed by atoms with van der Waals surface area (Å²) in [5.41, 5.74) is -0.276. The van der Waals surface area contributed by atoms with Gasteiger partial charge in [-0.3, -0.25) is 14.0 Å². The highest BCUT2D eigenvalue weighted by atomic mass is 32.1. The van der Waals surface area contributed by atoms with Crippen molar-refractivity contribution in [1.82, 2.24) is 14.7 Å². The van der Waals surface area contributed by atoms with Gasteiger partial charge in [-0.1, -0.05) is 6.42 Å². The first-order chi connectivity index (χ1) is 10.5. The number of carbonyl (C=O) groups excluding carboxylic acids is 1. The predicted molar refractivity (Wildman–Crippen MR) is 84.4 cm³/mol. The first kappa shape index (κ1) is 15.2. The van der Waals surface area contributed by atoms with E-state index in [-0.39, 0.29) is 23.1 Å². The van der Waals surface area contributed by atoms with Crippen LogP contribution in [-0.2, 0) is 0 Å². The Kier molecular flexibility index (Phi) is 4.26. The molecule has 2 aromatic rings. The number of carbonyl (C=O) groups is 1. The van der Waals surface area contributed by atoms with Gasteiger partial charge in [0.15, 0.2) is 4.96 Å². The van der Waals surface area contributed by atoms with Crippen molar-refractivity contribution in [3.8, 4) is 0 Å². The van der Waals surface area contributed by atoms with Gasteiger partial charge in [-0.2, -0.15) is 0 Å². The molecule has 0 saturated heterocycles. The van der Waals surface area contributed by atoms with Crippen molar-refractivity contribution < 1.29 is 9.90 Å². The van der Waals surface area contributed by atoms with E-state index >= 15 is 0 Å². The van der Waals surface area contributed by atoms with Crippen molar-refractivity contribution in [2.24, 2.45) is 5.92 Å². The molecule has 0 aromatic carbocycles. The average molecular weight is 321 g/mol. The molecule has 6 nitrogen and oxygen atoms in total. The van der Waals surface area contributed by atoms with Crippen LogP contribution in [-0.4, -0.2) is 33.0 Å².